The Hall–Kier alpha value is -4.10. The van der Waals surface area contributed by atoms with Crippen LogP contribution in [-0.2, 0) is 14.4 Å². The van der Waals surface area contributed by atoms with E-state index in [0.717, 1.165) is 0 Å². The Morgan fingerprint density at radius 3 is 2.51 bits per heavy atom. The van der Waals surface area contributed by atoms with E-state index in [1.807, 2.05) is 13.0 Å². The molecule has 3 amide bonds. The monoisotopic (exact) mass is 489 g/mol. The molecule has 0 aromatic heterocycles. The number of amides is 3. The summed E-state index contributed by atoms with van der Waals surface area (Å²) in [4.78, 5) is 40.5. The molecule has 0 radical (unpaired) electrons. The average molecular weight is 490 g/mol. The van der Waals surface area contributed by atoms with Crippen molar-refractivity contribution in [1.29, 1.82) is 0 Å². The van der Waals surface area contributed by atoms with Gasteiger partial charge in [-0.3, -0.25) is 19.3 Å². The summed E-state index contributed by atoms with van der Waals surface area (Å²) in [7, 11) is 0. The Balaban J connectivity index is 1.56. The molecular formula is C27H24ClN3O4. The molecule has 1 aliphatic heterocycles. The normalized spacial score (nSPS) is 14.9. The van der Waals surface area contributed by atoms with Crippen molar-refractivity contribution in [2.24, 2.45) is 0 Å². The zero-order chi connectivity index (χ0) is 24.8. The highest BCUT2D eigenvalue weighted by atomic mass is 35.5. The molecule has 0 fully saturated rings. The van der Waals surface area contributed by atoms with E-state index in [-0.39, 0.29) is 6.42 Å². The number of nitrogens with one attached hydrogen (secondary N) is 2. The van der Waals surface area contributed by atoms with Crippen molar-refractivity contribution in [2.45, 2.75) is 19.4 Å². The molecule has 7 nitrogen and oxygen atoms in total. The smallest absolute Gasteiger partial charge is 0.251 e. The van der Waals surface area contributed by atoms with Crippen LogP contribution >= 0.6 is 11.6 Å². The number of para-hydroxylation sites is 2. The number of nitrogens with zero attached hydrogens (tertiary/aromatic N) is 1. The van der Waals surface area contributed by atoms with E-state index in [2.05, 4.69) is 10.6 Å². The predicted molar refractivity (Wildman–Crippen MR) is 138 cm³/mol. The summed E-state index contributed by atoms with van der Waals surface area (Å²) in [6.45, 7) is 2.43. The molecule has 1 atom stereocenters. The van der Waals surface area contributed by atoms with Gasteiger partial charge in [0, 0.05) is 16.8 Å². The van der Waals surface area contributed by atoms with Gasteiger partial charge < -0.3 is 15.4 Å². The number of anilines is 3. The van der Waals surface area contributed by atoms with Crippen LogP contribution in [0.25, 0.3) is 6.08 Å². The van der Waals surface area contributed by atoms with Crippen molar-refractivity contribution < 1.29 is 19.1 Å². The van der Waals surface area contributed by atoms with E-state index in [1.165, 1.54) is 11.0 Å². The summed E-state index contributed by atoms with van der Waals surface area (Å²) in [6.07, 6.45) is 2.73. The summed E-state index contributed by atoms with van der Waals surface area (Å²) < 4.78 is 5.41. The lowest BCUT2D eigenvalue weighted by atomic mass is 10.0. The van der Waals surface area contributed by atoms with Crippen molar-refractivity contribution in [1.82, 2.24) is 0 Å². The highest BCUT2D eigenvalue weighted by molar-refractivity contribution is 6.32. The molecule has 0 saturated heterocycles. The standard InChI is InChI=1S/C27H24ClN3O4/c1-2-35-20-14-12-19(13-15-20)29-25(32)17-24-27(34)30-22-9-5-6-10-23(22)31(24)26(33)16-11-18-7-3-4-8-21(18)28/h3-16,24H,2,17H2,1H3,(H,29,32)(H,30,34)/b16-11+/t24-/m1/s1. The van der Waals surface area contributed by atoms with Gasteiger partial charge in [-0.2, -0.15) is 0 Å². The minimum Gasteiger partial charge on any atom is -0.494 e. The highest BCUT2D eigenvalue weighted by Crippen LogP contribution is 2.33. The zero-order valence-electron chi connectivity index (χ0n) is 19.0. The summed E-state index contributed by atoms with van der Waals surface area (Å²) >= 11 is 6.20. The predicted octanol–water partition coefficient (Wildman–Crippen LogP) is 5.13. The number of benzene rings is 3. The quantitative estimate of drug-likeness (QED) is 0.450. The molecule has 0 spiro atoms. The van der Waals surface area contributed by atoms with Crippen molar-refractivity contribution >= 4 is 52.5 Å². The van der Waals surface area contributed by atoms with Crippen LogP contribution in [0.2, 0.25) is 5.02 Å². The maximum absolute atomic E-state index is 13.3. The van der Waals surface area contributed by atoms with E-state index < -0.39 is 23.8 Å². The van der Waals surface area contributed by atoms with Gasteiger partial charge in [-0.1, -0.05) is 41.9 Å². The van der Waals surface area contributed by atoms with Crippen LogP contribution in [0.4, 0.5) is 17.1 Å². The Kier molecular flexibility index (Phi) is 7.48. The van der Waals surface area contributed by atoms with Crippen molar-refractivity contribution in [3.05, 3.63) is 89.5 Å². The first-order chi connectivity index (χ1) is 17.0. The first-order valence-electron chi connectivity index (χ1n) is 11.1. The summed E-state index contributed by atoms with van der Waals surface area (Å²) in [5.74, 6) is -0.589. The molecule has 4 rings (SSSR count). The van der Waals surface area contributed by atoms with Gasteiger partial charge in [0.2, 0.25) is 11.8 Å². The zero-order valence-corrected chi connectivity index (χ0v) is 19.8. The molecular weight excluding hydrogens is 466 g/mol. The molecule has 0 bridgehead atoms. The fraction of sp³-hybridized carbons (Fsp3) is 0.148. The number of hydrogen-bond donors (Lipinski definition) is 2. The largest absolute Gasteiger partial charge is 0.494 e. The van der Waals surface area contributed by atoms with Gasteiger partial charge in [-0.25, -0.2) is 0 Å². The number of fused-ring (bicyclic) bond motifs is 1. The van der Waals surface area contributed by atoms with E-state index in [4.69, 9.17) is 16.3 Å². The maximum Gasteiger partial charge on any atom is 0.251 e. The van der Waals surface area contributed by atoms with Crippen LogP contribution in [0, 0.1) is 0 Å². The van der Waals surface area contributed by atoms with Crippen LogP contribution in [0.15, 0.2) is 78.9 Å². The molecule has 2 N–H and O–H groups in total. The SMILES string of the molecule is CCOc1ccc(NC(=O)C[C@@H]2C(=O)Nc3ccccc3N2C(=O)/C=C/c2ccccc2Cl)cc1. The van der Waals surface area contributed by atoms with Crippen LogP contribution < -0.4 is 20.3 Å². The lowest BCUT2D eigenvalue weighted by Crippen LogP contribution is -2.52. The molecule has 3 aromatic rings. The van der Waals surface area contributed by atoms with Crippen LogP contribution in [-0.4, -0.2) is 30.4 Å². The third-order valence-electron chi connectivity index (χ3n) is 5.41. The highest BCUT2D eigenvalue weighted by Gasteiger charge is 2.37. The third-order valence-corrected chi connectivity index (χ3v) is 5.76. The number of halogens is 1. The molecule has 8 heteroatoms. The van der Waals surface area contributed by atoms with Gasteiger partial charge >= 0.3 is 0 Å². The van der Waals surface area contributed by atoms with E-state index in [9.17, 15) is 14.4 Å². The molecule has 0 saturated carbocycles. The lowest BCUT2D eigenvalue weighted by molar-refractivity contribution is -0.124. The fourth-order valence-electron chi connectivity index (χ4n) is 3.79. The molecule has 3 aromatic carbocycles. The van der Waals surface area contributed by atoms with Crippen molar-refractivity contribution in [3.63, 3.8) is 0 Å². The van der Waals surface area contributed by atoms with Crippen molar-refractivity contribution in [2.75, 3.05) is 22.1 Å². The topological polar surface area (TPSA) is 87.7 Å². The Morgan fingerprint density at radius 1 is 1.06 bits per heavy atom. The van der Waals surface area contributed by atoms with E-state index >= 15 is 0 Å². The number of ether oxygens (including phenoxy) is 1. The molecule has 0 unspecified atom stereocenters. The number of carbonyl (C=O) groups is 3. The van der Waals surface area contributed by atoms with Gasteiger partial charge in [0.05, 0.1) is 24.4 Å². The van der Waals surface area contributed by atoms with Crippen LogP contribution in [0.5, 0.6) is 5.75 Å². The number of hydrogen-bond acceptors (Lipinski definition) is 4. The molecule has 1 aliphatic rings. The maximum atomic E-state index is 13.3. The second-order valence-electron chi connectivity index (χ2n) is 7.79. The van der Waals surface area contributed by atoms with Gasteiger partial charge in [0.25, 0.3) is 5.91 Å². The molecule has 0 aliphatic carbocycles. The summed E-state index contributed by atoms with van der Waals surface area (Å²) in [5.41, 5.74) is 2.24. The Bertz CT molecular complexity index is 1270. The van der Waals surface area contributed by atoms with E-state index in [1.54, 1.807) is 72.8 Å². The summed E-state index contributed by atoms with van der Waals surface area (Å²) in [5, 5.41) is 6.07. The Labute approximate surface area is 208 Å². The first-order valence-corrected chi connectivity index (χ1v) is 11.5. The first kappa shape index (κ1) is 24.0. The minimum absolute atomic E-state index is 0.223. The molecule has 35 heavy (non-hydrogen) atoms. The Morgan fingerprint density at radius 2 is 1.77 bits per heavy atom. The third kappa shape index (κ3) is 5.70. The van der Waals surface area contributed by atoms with Gasteiger partial charge in [-0.05, 0) is 61.0 Å². The van der Waals surface area contributed by atoms with Crippen LogP contribution in [0.3, 0.4) is 0 Å². The van der Waals surface area contributed by atoms with Gasteiger partial charge in [0.15, 0.2) is 0 Å². The second-order valence-corrected chi connectivity index (χ2v) is 8.20. The van der Waals surface area contributed by atoms with E-state index in [0.29, 0.717) is 40.0 Å². The van der Waals surface area contributed by atoms with Gasteiger partial charge in [0.1, 0.15) is 11.8 Å². The number of carbonyl (C=O) groups excluding carboxylic acids is 3. The number of rotatable bonds is 7. The second kappa shape index (κ2) is 10.9. The molecule has 1 heterocycles. The minimum atomic E-state index is -1.03. The average Bonchev–Trinajstić information content (AvgIpc) is 2.85. The molecule has 178 valence electrons. The summed E-state index contributed by atoms with van der Waals surface area (Å²) in [6, 6.07) is 20.0. The van der Waals surface area contributed by atoms with Crippen LogP contribution in [0.1, 0.15) is 18.9 Å². The fourth-order valence-corrected chi connectivity index (χ4v) is 3.99. The van der Waals surface area contributed by atoms with Gasteiger partial charge in [-0.15, -0.1) is 0 Å². The lowest BCUT2D eigenvalue weighted by Gasteiger charge is -2.35. The van der Waals surface area contributed by atoms with Crippen molar-refractivity contribution in [3.8, 4) is 5.75 Å².